The van der Waals surface area contributed by atoms with Gasteiger partial charge in [-0.2, -0.15) is 4.98 Å². The molecule has 0 bridgehead atoms. The maximum Gasteiger partial charge on any atom is 0.470 e. The van der Waals surface area contributed by atoms with Gasteiger partial charge in [-0.3, -0.25) is 23.9 Å². The van der Waals surface area contributed by atoms with Crippen LogP contribution in [0, 0.1) is 0 Å². The maximum atomic E-state index is 12.2. The number of ketones is 1. The Balaban J connectivity index is 0.000000205. The molecule has 4 aromatic heterocycles. The van der Waals surface area contributed by atoms with Crippen molar-refractivity contribution in [1.29, 1.82) is 0 Å². The number of nitrogens with one attached hydrogen (secondary N) is 4. The number of hydrogen-bond acceptors (Lipinski definition) is 17. The number of nitrogens with zero attached hydrogens (tertiary/aromatic N) is 4. The SMILES string of the molecule is Nc1nc2nc[nH]c2c(=O)[nH]1.O=C(C(OP(=O)(O)O)C(O)C(O)CO)C1O[C@H](CO)[C@@H](O)[C@H]1O.O=c1[nH]cnc2nc[nH]c12. The molecule has 4 aromatic rings. The minimum Gasteiger partial charge on any atom is -0.394 e. The normalized spacial score (nSPS) is 22.0. The first kappa shape index (κ1) is 34.5. The number of aromatic nitrogens is 8. The highest BCUT2D eigenvalue weighted by Gasteiger charge is 2.50. The van der Waals surface area contributed by atoms with E-state index in [-0.39, 0.29) is 17.1 Å². The van der Waals surface area contributed by atoms with E-state index in [2.05, 4.69) is 44.4 Å². The summed E-state index contributed by atoms with van der Waals surface area (Å²) in [5, 5.41) is 56.0. The lowest BCUT2D eigenvalue weighted by Crippen LogP contribution is -2.51. The van der Waals surface area contributed by atoms with Gasteiger partial charge < -0.3 is 65.8 Å². The molecule has 5 rings (SSSR count). The molecule has 0 aromatic carbocycles. The second kappa shape index (κ2) is 14.7. The number of fused-ring (bicyclic) bond motifs is 2. The molecule has 242 valence electrons. The molecule has 1 saturated heterocycles. The molecule has 24 heteroatoms. The zero-order valence-corrected chi connectivity index (χ0v) is 22.9. The first-order valence-corrected chi connectivity index (χ1v) is 13.6. The zero-order valence-electron chi connectivity index (χ0n) is 22.0. The smallest absolute Gasteiger partial charge is 0.394 e. The van der Waals surface area contributed by atoms with Crippen molar-refractivity contribution in [2.24, 2.45) is 0 Å². The number of rotatable bonds is 8. The Kier molecular flexibility index (Phi) is 11.5. The van der Waals surface area contributed by atoms with E-state index in [4.69, 9.17) is 30.5 Å². The molecule has 0 aliphatic carbocycles. The summed E-state index contributed by atoms with van der Waals surface area (Å²) in [5.74, 6) is -1.31. The molecule has 1 aliphatic rings. The molecule has 1 fully saturated rings. The lowest BCUT2D eigenvalue weighted by atomic mass is 9.97. The predicted octanol–water partition coefficient (Wildman–Crippen LogP) is -5.90. The molecule has 7 atom stereocenters. The summed E-state index contributed by atoms with van der Waals surface area (Å²) in [6.07, 6.45) is -9.17. The molecule has 0 saturated carbocycles. The van der Waals surface area contributed by atoms with Gasteiger partial charge in [0, 0.05) is 0 Å². The van der Waals surface area contributed by atoms with Gasteiger partial charge in [0.15, 0.2) is 34.2 Å². The largest absolute Gasteiger partial charge is 0.470 e. The molecule has 0 amide bonds. The number of aliphatic hydroxyl groups is 6. The number of hydrogen-bond donors (Lipinski definition) is 13. The number of anilines is 1. The molecule has 0 radical (unpaired) electrons. The van der Waals surface area contributed by atoms with Gasteiger partial charge in [0.1, 0.15) is 36.6 Å². The summed E-state index contributed by atoms with van der Waals surface area (Å²) in [5.41, 5.74) is 6.32. The third kappa shape index (κ3) is 8.34. The number of imidazole rings is 2. The molecule has 5 heterocycles. The Labute approximate surface area is 242 Å². The highest BCUT2D eigenvalue weighted by Crippen LogP contribution is 2.39. The van der Waals surface area contributed by atoms with Crippen LogP contribution in [-0.4, -0.2) is 142 Å². The number of carbonyl (C=O) groups is 1. The minimum absolute atomic E-state index is 0.0783. The molecule has 44 heavy (non-hydrogen) atoms. The van der Waals surface area contributed by atoms with E-state index in [0.717, 1.165) is 0 Å². The summed E-state index contributed by atoms with van der Waals surface area (Å²) in [7, 11) is -5.30. The summed E-state index contributed by atoms with van der Waals surface area (Å²) in [4.78, 5) is 76.9. The van der Waals surface area contributed by atoms with Gasteiger partial charge in [-0.15, -0.1) is 0 Å². The maximum absolute atomic E-state index is 12.2. The first-order chi connectivity index (χ1) is 20.7. The second-order valence-electron chi connectivity index (χ2n) is 8.80. The van der Waals surface area contributed by atoms with Crippen molar-refractivity contribution in [3.05, 3.63) is 39.7 Å². The lowest BCUT2D eigenvalue weighted by Gasteiger charge is -2.27. The van der Waals surface area contributed by atoms with Crippen molar-refractivity contribution >= 4 is 41.9 Å². The number of ether oxygens (including phenoxy) is 1. The number of nitrogens with two attached hydrogens (primary N) is 1. The van der Waals surface area contributed by atoms with Crippen LogP contribution in [0.3, 0.4) is 0 Å². The van der Waals surface area contributed by atoms with Gasteiger partial charge >= 0.3 is 7.82 Å². The van der Waals surface area contributed by atoms with Crippen molar-refractivity contribution in [2.45, 2.75) is 42.7 Å². The van der Waals surface area contributed by atoms with Crippen molar-refractivity contribution in [3.63, 3.8) is 0 Å². The molecule has 1 aliphatic heterocycles. The van der Waals surface area contributed by atoms with Gasteiger partial charge in [0.25, 0.3) is 11.1 Å². The Bertz CT molecular complexity index is 1700. The third-order valence-electron chi connectivity index (χ3n) is 5.79. The topological polar surface area (TPSA) is 389 Å². The van der Waals surface area contributed by atoms with Crippen LogP contribution in [0.2, 0.25) is 0 Å². The van der Waals surface area contributed by atoms with Crippen molar-refractivity contribution < 1.29 is 59.0 Å². The van der Waals surface area contributed by atoms with Crippen LogP contribution >= 0.6 is 7.82 Å². The number of aliphatic hydroxyl groups excluding tert-OH is 6. The Hall–Kier alpha value is -4.00. The van der Waals surface area contributed by atoms with Gasteiger partial charge in [-0.25, -0.2) is 19.5 Å². The van der Waals surface area contributed by atoms with E-state index in [0.29, 0.717) is 22.3 Å². The van der Waals surface area contributed by atoms with Crippen LogP contribution in [-0.2, 0) is 18.6 Å². The monoisotopic (exact) mass is 649 g/mol. The van der Waals surface area contributed by atoms with Crippen LogP contribution < -0.4 is 16.9 Å². The second-order valence-corrected chi connectivity index (χ2v) is 10.00. The Morgan fingerprint density at radius 3 is 2.07 bits per heavy atom. The fourth-order valence-electron chi connectivity index (χ4n) is 3.67. The third-order valence-corrected chi connectivity index (χ3v) is 6.29. The van der Waals surface area contributed by atoms with E-state index >= 15 is 0 Å². The van der Waals surface area contributed by atoms with Gasteiger partial charge in [0.05, 0.1) is 32.2 Å². The molecular formula is C20H28N9O14P. The van der Waals surface area contributed by atoms with E-state index in [1.165, 1.54) is 19.0 Å². The number of nitrogen functional groups attached to an aromatic ring is 1. The number of Topliss-reactive ketones (excluding diaryl/α,β-unsaturated/α-hetero) is 1. The van der Waals surface area contributed by atoms with E-state index in [1.54, 1.807) is 0 Å². The van der Waals surface area contributed by atoms with Gasteiger partial charge in [-0.05, 0) is 0 Å². The molecule has 23 nitrogen and oxygen atoms in total. The summed E-state index contributed by atoms with van der Waals surface area (Å²) in [6, 6.07) is 0. The van der Waals surface area contributed by atoms with Crippen LogP contribution in [0.1, 0.15) is 0 Å². The minimum atomic E-state index is -5.30. The van der Waals surface area contributed by atoms with E-state index in [1.807, 2.05) is 0 Å². The molecular weight excluding hydrogens is 621 g/mol. The highest BCUT2D eigenvalue weighted by molar-refractivity contribution is 7.46. The fraction of sp³-hybridized carbons (Fsp3) is 0.450. The van der Waals surface area contributed by atoms with Crippen LogP contribution in [0.4, 0.5) is 5.95 Å². The van der Waals surface area contributed by atoms with Crippen molar-refractivity contribution in [3.8, 4) is 0 Å². The summed E-state index contributed by atoms with van der Waals surface area (Å²) < 4.78 is 19.9. The van der Waals surface area contributed by atoms with Crippen LogP contribution in [0.5, 0.6) is 0 Å². The van der Waals surface area contributed by atoms with Crippen LogP contribution in [0.25, 0.3) is 22.3 Å². The number of phosphoric ester groups is 1. The molecule has 4 unspecified atom stereocenters. The number of carbonyl (C=O) groups excluding carboxylic acids is 1. The van der Waals surface area contributed by atoms with E-state index < -0.39 is 69.5 Å². The number of phosphoric acid groups is 1. The van der Waals surface area contributed by atoms with Crippen molar-refractivity contribution in [1.82, 2.24) is 39.9 Å². The van der Waals surface area contributed by atoms with Crippen LogP contribution in [0.15, 0.2) is 28.6 Å². The van der Waals surface area contributed by atoms with E-state index in [9.17, 15) is 39.4 Å². The summed E-state index contributed by atoms with van der Waals surface area (Å²) >= 11 is 0. The first-order valence-electron chi connectivity index (χ1n) is 12.1. The van der Waals surface area contributed by atoms with Crippen molar-refractivity contribution in [2.75, 3.05) is 18.9 Å². The van der Waals surface area contributed by atoms with Gasteiger partial charge in [-0.1, -0.05) is 0 Å². The fourth-order valence-corrected chi connectivity index (χ4v) is 4.20. The number of H-pyrrole nitrogens is 4. The standard InChI is InChI=1S/C10H19O12P.C5H5N5O.C5H4N4O/c11-1-3(13)5(14)10(22-23(18,19)20)8(17)9-7(16)6(15)4(2-12)21-9;6-5-9-3-2(4(11)10-5)7-1-8-3;10-5-3-4(7-1-6-3)8-2-9-5/h3-7,9-16H,1-2H2,(H2,18,19,20);1H,(H4,6,7,8,9,10,11);1-2H,(H2,6,7,8,9,10)/t3?,4-,5?,6-,7-,9?,10?;;/m1../s1. The quantitative estimate of drug-likeness (QED) is 0.0790. The average Bonchev–Trinajstić information content (AvgIpc) is 3.71. The Morgan fingerprint density at radius 2 is 1.55 bits per heavy atom. The lowest BCUT2D eigenvalue weighted by molar-refractivity contribution is -0.153. The molecule has 14 N–H and O–H groups in total. The highest BCUT2D eigenvalue weighted by atomic mass is 31.2. The molecule has 0 spiro atoms. The zero-order chi connectivity index (χ0) is 32.8. The number of aromatic amines is 4. The Morgan fingerprint density at radius 1 is 0.977 bits per heavy atom. The van der Waals surface area contributed by atoms with Gasteiger partial charge in [0.2, 0.25) is 5.95 Å². The average molecular weight is 649 g/mol. The summed E-state index contributed by atoms with van der Waals surface area (Å²) in [6.45, 7) is -1.81. The predicted molar refractivity (Wildman–Crippen MR) is 142 cm³/mol.